The zero-order valence-electron chi connectivity index (χ0n) is 10.1. The second-order valence-corrected chi connectivity index (χ2v) is 6.79. The molecule has 0 atom stereocenters. The van der Waals surface area contributed by atoms with E-state index in [2.05, 4.69) is 4.74 Å². The van der Waals surface area contributed by atoms with Crippen molar-refractivity contribution in [2.45, 2.75) is 24.3 Å². The molecular formula is C12H16O4S. The Bertz CT molecular complexity index is 488. The van der Waals surface area contributed by atoms with E-state index in [4.69, 9.17) is 0 Å². The second-order valence-electron chi connectivity index (χ2n) is 4.25. The van der Waals surface area contributed by atoms with Crippen LogP contribution in [0.2, 0.25) is 0 Å². The van der Waals surface area contributed by atoms with E-state index in [0.717, 1.165) is 0 Å². The molecule has 4 nitrogen and oxygen atoms in total. The predicted molar refractivity (Wildman–Crippen MR) is 65.2 cm³/mol. The Balaban J connectivity index is 3.01. The van der Waals surface area contributed by atoms with Crippen molar-refractivity contribution in [3.63, 3.8) is 0 Å². The van der Waals surface area contributed by atoms with Crippen molar-refractivity contribution in [1.29, 1.82) is 0 Å². The quantitative estimate of drug-likeness (QED) is 0.767. The van der Waals surface area contributed by atoms with Gasteiger partial charge in [-0.05, 0) is 19.4 Å². The molecule has 0 bridgehead atoms. The van der Waals surface area contributed by atoms with E-state index >= 15 is 0 Å². The molecule has 1 aromatic rings. The average Bonchev–Trinajstić information content (AvgIpc) is 2.28. The van der Waals surface area contributed by atoms with Crippen LogP contribution < -0.4 is 0 Å². The fraction of sp³-hybridized carbons (Fsp3) is 0.417. The molecule has 5 heteroatoms. The van der Waals surface area contributed by atoms with E-state index in [-0.39, 0.29) is 5.75 Å². The lowest BCUT2D eigenvalue weighted by molar-refractivity contribution is -0.142. The number of ether oxygens (including phenoxy) is 1. The Morgan fingerprint density at radius 1 is 1.24 bits per heavy atom. The maximum Gasteiger partial charge on any atom is 0.326 e. The highest BCUT2D eigenvalue weighted by atomic mass is 32.2. The molecule has 0 radical (unpaired) electrons. The molecule has 0 saturated carbocycles. The van der Waals surface area contributed by atoms with Crippen molar-refractivity contribution in [1.82, 2.24) is 0 Å². The maximum atomic E-state index is 12.1. The summed E-state index contributed by atoms with van der Waals surface area (Å²) in [6.45, 7) is 2.72. The Labute approximate surface area is 102 Å². The molecule has 0 aliphatic rings. The van der Waals surface area contributed by atoms with Gasteiger partial charge in [0.1, 0.15) is 0 Å². The van der Waals surface area contributed by atoms with Gasteiger partial charge in [-0.2, -0.15) is 0 Å². The van der Waals surface area contributed by atoms with Crippen LogP contribution in [-0.2, 0) is 25.1 Å². The number of hydrogen-bond donors (Lipinski definition) is 0. The van der Waals surface area contributed by atoms with Crippen LogP contribution in [0.4, 0.5) is 0 Å². The van der Waals surface area contributed by atoms with Crippen molar-refractivity contribution in [2.24, 2.45) is 0 Å². The molecule has 0 N–H and O–H groups in total. The summed E-state index contributed by atoms with van der Waals surface area (Å²) in [6.07, 6.45) is 0. The molecule has 0 fully saturated rings. The molecule has 1 aromatic carbocycles. The maximum absolute atomic E-state index is 12.1. The molecule has 0 unspecified atom stereocenters. The van der Waals surface area contributed by atoms with Crippen molar-refractivity contribution in [3.8, 4) is 0 Å². The number of sulfone groups is 1. The molecule has 0 saturated heterocycles. The standard InChI is InChI=1S/C12H16O4S/c1-12(2,11(13)16-3)17(14,15)9-10-7-5-4-6-8-10/h4-8H,9H2,1-3H3. The van der Waals surface area contributed by atoms with Crippen LogP contribution in [0.5, 0.6) is 0 Å². The molecule has 0 aromatic heterocycles. The second kappa shape index (κ2) is 4.87. The van der Waals surface area contributed by atoms with Gasteiger partial charge in [-0.1, -0.05) is 30.3 Å². The minimum Gasteiger partial charge on any atom is -0.468 e. The lowest BCUT2D eigenvalue weighted by Crippen LogP contribution is -2.42. The van der Waals surface area contributed by atoms with E-state index in [1.807, 2.05) is 6.07 Å². The monoisotopic (exact) mass is 256 g/mol. The van der Waals surface area contributed by atoms with Crippen molar-refractivity contribution in [2.75, 3.05) is 7.11 Å². The van der Waals surface area contributed by atoms with Crippen LogP contribution in [0.3, 0.4) is 0 Å². The van der Waals surface area contributed by atoms with E-state index in [0.29, 0.717) is 5.56 Å². The third-order valence-corrected chi connectivity index (χ3v) is 5.09. The minimum absolute atomic E-state index is 0.171. The number of hydrogen-bond acceptors (Lipinski definition) is 4. The van der Waals surface area contributed by atoms with Gasteiger partial charge in [0.25, 0.3) is 0 Å². The van der Waals surface area contributed by atoms with E-state index in [1.165, 1.54) is 21.0 Å². The summed E-state index contributed by atoms with van der Waals surface area (Å²) in [7, 11) is -2.42. The van der Waals surface area contributed by atoms with Gasteiger partial charge >= 0.3 is 5.97 Å². The molecule has 0 heterocycles. The van der Waals surface area contributed by atoms with Gasteiger partial charge in [-0.25, -0.2) is 8.42 Å². The number of esters is 1. The number of carbonyl (C=O) groups is 1. The average molecular weight is 256 g/mol. The van der Waals surface area contributed by atoms with E-state index in [1.54, 1.807) is 24.3 Å². The summed E-state index contributed by atoms with van der Waals surface area (Å²) in [6, 6.07) is 8.75. The summed E-state index contributed by atoms with van der Waals surface area (Å²) in [5.41, 5.74) is 0.657. The van der Waals surface area contributed by atoms with Crippen molar-refractivity contribution >= 4 is 15.8 Å². The first-order valence-corrected chi connectivity index (χ1v) is 6.81. The van der Waals surface area contributed by atoms with Crippen LogP contribution in [0.15, 0.2) is 30.3 Å². The molecule has 0 aliphatic heterocycles. The molecule has 94 valence electrons. The summed E-state index contributed by atoms with van der Waals surface area (Å²) in [5.74, 6) is -0.913. The zero-order chi connectivity index (χ0) is 13.1. The van der Waals surface area contributed by atoms with Crippen molar-refractivity contribution < 1.29 is 17.9 Å². The SMILES string of the molecule is COC(=O)C(C)(C)S(=O)(=O)Cc1ccccc1. The highest BCUT2D eigenvalue weighted by Crippen LogP contribution is 2.22. The highest BCUT2D eigenvalue weighted by molar-refractivity contribution is 7.92. The summed E-state index contributed by atoms with van der Waals surface area (Å²) in [4.78, 5) is 11.5. The number of rotatable bonds is 4. The van der Waals surface area contributed by atoms with Crippen LogP contribution in [0.25, 0.3) is 0 Å². The summed E-state index contributed by atoms with van der Waals surface area (Å²) >= 11 is 0. The van der Waals surface area contributed by atoms with Crippen LogP contribution in [0.1, 0.15) is 19.4 Å². The normalized spacial score (nSPS) is 12.2. The number of carbonyl (C=O) groups excluding carboxylic acids is 1. The Morgan fingerprint density at radius 3 is 2.24 bits per heavy atom. The lowest BCUT2D eigenvalue weighted by Gasteiger charge is -2.21. The van der Waals surface area contributed by atoms with Gasteiger partial charge in [0.05, 0.1) is 12.9 Å². The third kappa shape index (κ3) is 2.85. The first kappa shape index (κ1) is 13.7. The molecule has 1 rings (SSSR count). The van der Waals surface area contributed by atoms with E-state index < -0.39 is 20.6 Å². The third-order valence-electron chi connectivity index (χ3n) is 2.65. The zero-order valence-corrected chi connectivity index (χ0v) is 11.0. The van der Waals surface area contributed by atoms with Gasteiger partial charge < -0.3 is 4.74 Å². The molecule has 0 aliphatic carbocycles. The topological polar surface area (TPSA) is 60.4 Å². The summed E-state index contributed by atoms with van der Waals surface area (Å²) in [5, 5.41) is 0. The Morgan fingerprint density at radius 2 is 1.76 bits per heavy atom. The number of benzene rings is 1. The fourth-order valence-electron chi connectivity index (χ4n) is 1.35. The van der Waals surface area contributed by atoms with Crippen LogP contribution in [0, 0.1) is 0 Å². The lowest BCUT2D eigenvalue weighted by atomic mass is 10.2. The van der Waals surface area contributed by atoms with Gasteiger partial charge in [-0.3, -0.25) is 4.79 Å². The molecule has 0 amide bonds. The Kier molecular flexibility index (Phi) is 3.93. The number of methoxy groups -OCH3 is 1. The highest BCUT2D eigenvalue weighted by Gasteiger charge is 2.42. The van der Waals surface area contributed by atoms with Gasteiger partial charge in [0, 0.05) is 0 Å². The first-order chi connectivity index (χ1) is 7.81. The largest absolute Gasteiger partial charge is 0.468 e. The smallest absolute Gasteiger partial charge is 0.326 e. The van der Waals surface area contributed by atoms with Gasteiger partial charge in [-0.15, -0.1) is 0 Å². The first-order valence-electron chi connectivity index (χ1n) is 5.16. The van der Waals surface area contributed by atoms with Gasteiger partial charge in [0.2, 0.25) is 0 Å². The Hall–Kier alpha value is -1.36. The molecular weight excluding hydrogens is 240 g/mol. The van der Waals surface area contributed by atoms with Gasteiger partial charge in [0.15, 0.2) is 14.6 Å². The van der Waals surface area contributed by atoms with Crippen molar-refractivity contribution in [3.05, 3.63) is 35.9 Å². The fourth-order valence-corrected chi connectivity index (χ4v) is 2.68. The van der Waals surface area contributed by atoms with Crippen LogP contribution in [-0.4, -0.2) is 26.2 Å². The molecule has 0 spiro atoms. The summed E-state index contributed by atoms with van der Waals surface area (Å²) < 4.78 is 27.2. The van der Waals surface area contributed by atoms with E-state index in [9.17, 15) is 13.2 Å². The van der Waals surface area contributed by atoms with Crippen LogP contribution >= 0.6 is 0 Å². The minimum atomic E-state index is -3.60. The predicted octanol–water partition coefficient (Wildman–Crippen LogP) is 1.55. The molecule has 17 heavy (non-hydrogen) atoms.